The van der Waals surface area contributed by atoms with Gasteiger partial charge in [0.15, 0.2) is 5.69 Å². The Balaban J connectivity index is 0.000000252. The Morgan fingerprint density at radius 2 is 2.15 bits per heavy atom. The van der Waals surface area contributed by atoms with Gasteiger partial charge in [-0.15, -0.1) is 0 Å². The molecule has 1 N–H and O–H groups in total. The summed E-state index contributed by atoms with van der Waals surface area (Å²) in [5, 5.41) is 2.16. The van der Waals surface area contributed by atoms with Crippen molar-refractivity contribution in [2.45, 2.75) is 20.4 Å². The molecule has 0 saturated carbocycles. The van der Waals surface area contributed by atoms with Crippen LogP contribution in [0.5, 0.6) is 0 Å². The average Bonchev–Trinajstić information content (AvgIpc) is 2.31. The van der Waals surface area contributed by atoms with Crippen molar-refractivity contribution in [2.75, 3.05) is 0 Å². The smallest absolute Gasteiger partial charge is 0.224 e. The van der Waals surface area contributed by atoms with E-state index in [4.69, 9.17) is 17.5 Å². The summed E-state index contributed by atoms with van der Waals surface area (Å²) in [4.78, 5) is 0. The molecule has 0 atom stereocenters. The van der Waals surface area contributed by atoms with Crippen LogP contribution in [0, 0.1) is 6.92 Å². The van der Waals surface area contributed by atoms with Crippen molar-refractivity contribution in [1.29, 1.82) is 0 Å². The molecule has 1 aromatic heterocycles. The second-order valence-electron chi connectivity index (χ2n) is 2.21. The standard InChI is InChI=1S/C6H10NS.H2O4S/c1-3-7-5-8-4-6(7)2;1-5(2,3)4/h4-5H,3H2,1-2H3;(H2,1,2,3,4)/q+1;/p-1. The first-order valence-electron chi connectivity index (χ1n) is 3.45. The molecule has 0 radical (unpaired) electrons. The van der Waals surface area contributed by atoms with Crippen molar-refractivity contribution in [2.24, 2.45) is 0 Å². The molecule has 5 nitrogen and oxygen atoms in total. The van der Waals surface area contributed by atoms with Gasteiger partial charge in [0.2, 0.25) is 15.9 Å². The maximum atomic E-state index is 8.63. The molecule has 13 heavy (non-hydrogen) atoms. The first kappa shape index (κ1) is 12.5. The molecule has 1 aromatic rings. The molecule has 0 aromatic carbocycles. The van der Waals surface area contributed by atoms with Gasteiger partial charge in [-0.3, -0.25) is 4.55 Å². The number of rotatable bonds is 1. The Hall–Kier alpha value is -0.500. The summed E-state index contributed by atoms with van der Waals surface area (Å²) >= 11 is 1.75. The van der Waals surface area contributed by atoms with Crippen LogP contribution in [0.3, 0.4) is 0 Å². The highest BCUT2D eigenvalue weighted by atomic mass is 32.3. The molecule has 0 spiro atoms. The van der Waals surface area contributed by atoms with E-state index < -0.39 is 10.4 Å². The average molecular weight is 225 g/mol. The van der Waals surface area contributed by atoms with Crippen molar-refractivity contribution in [1.82, 2.24) is 0 Å². The minimum atomic E-state index is -4.92. The molecule has 0 aliphatic heterocycles. The van der Waals surface area contributed by atoms with Gasteiger partial charge >= 0.3 is 0 Å². The Bertz CT molecular complexity index is 335. The summed E-state index contributed by atoms with van der Waals surface area (Å²) < 4.78 is 35.1. The van der Waals surface area contributed by atoms with E-state index >= 15 is 0 Å². The van der Waals surface area contributed by atoms with E-state index in [1.807, 2.05) is 0 Å². The highest BCUT2D eigenvalue weighted by Gasteiger charge is 2.00. The van der Waals surface area contributed by atoms with E-state index in [9.17, 15) is 0 Å². The van der Waals surface area contributed by atoms with Crippen LogP contribution < -0.4 is 4.57 Å². The van der Waals surface area contributed by atoms with Crippen molar-refractivity contribution >= 4 is 21.7 Å². The Morgan fingerprint density at radius 3 is 2.31 bits per heavy atom. The lowest BCUT2D eigenvalue weighted by Gasteiger charge is -1.88. The van der Waals surface area contributed by atoms with Crippen LogP contribution in [-0.4, -0.2) is 17.5 Å². The predicted molar refractivity (Wildman–Crippen MR) is 47.3 cm³/mol. The van der Waals surface area contributed by atoms with Gasteiger partial charge in [0.05, 0.1) is 5.38 Å². The van der Waals surface area contributed by atoms with Crippen LogP contribution in [0.25, 0.3) is 0 Å². The lowest BCUT2D eigenvalue weighted by Crippen LogP contribution is -2.31. The van der Waals surface area contributed by atoms with Crippen LogP contribution >= 0.6 is 11.3 Å². The van der Waals surface area contributed by atoms with E-state index in [-0.39, 0.29) is 0 Å². The number of thiazole rings is 1. The van der Waals surface area contributed by atoms with E-state index in [1.54, 1.807) is 11.3 Å². The number of aryl methyl sites for hydroxylation is 2. The molecule has 76 valence electrons. The lowest BCUT2D eigenvalue weighted by molar-refractivity contribution is -0.694. The van der Waals surface area contributed by atoms with Gasteiger partial charge in [0.1, 0.15) is 6.54 Å². The summed E-state index contributed by atoms with van der Waals surface area (Å²) in [6.07, 6.45) is 0. The summed E-state index contributed by atoms with van der Waals surface area (Å²) in [6.45, 7) is 5.37. The molecule has 7 heteroatoms. The van der Waals surface area contributed by atoms with Crippen molar-refractivity contribution < 1.29 is 22.1 Å². The molecule has 0 fully saturated rings. The highest BCUT2D eigenvalue weighted by molar-refractivity contribution is 7.79. The molecule has 1 heterocycles. The fourth-order valence-corrected chi connectivity index (χ4v) is 1.53. The van der Waals surface area contributed by atoms with E-state index in [0.717, 1.165) is 6.54 Å². The lowest BCUT2D eigenvalue weighted by atomic mass is 10.5. The Labute approximate surface area is 81.2 Å². The van der Waals surface area contributed by atoms with Crippen LogP contribution in [0.1, 0.15) is 12.6 Å². The largest absolute Gasteiger partial charge is 0.726 e. The van der Waals surface area contributed by atoms with Gasteiger partial charge in [-0.05, 0) is 6.92 Å². The minimum absolute atomic E-state index is 1.09. The van der Waals surface area contributed by atoms with E-state index in [2.05, 4.69) is 29.3 Å². The zero-order valence-corrected chi connectivity index (χ0v) is 8.93. The molecule has 0 unspecified atom stereocenters. The molecule has 0 saturated heterocycles. The first-order chi connectivity index (χ1) is 5.84. The predicted octanol–water partition coefficient (Wildman–Crippen LogP) is 0.369. The van der Waals surface area contributed by atoms with Gasteiger partial charge in [-0.2, -0.15) is 4.57 Å². The Kier molecular flexibility index (Phi) is 5.07. The summed E-state index contributed by atoms with van der Waals surface area (Å²) in [5.41, 5.74) is 3.49. The van der Waals surface area contributed by atoms with Crippen LogP contribution in [0.2, 0.25) is 0 Å². The second-order valence-corrected chi connectivity index (χ2v) is 3.79. The van der Waals surface area contributed by atoms with Crippen LogP contribution in [0.4, 0.5) is 0 Å². The van der Waals surface area contributed by atoms with Crippen molar-refractivity contribution in [3.63, 3.8) is 0 Å². The summed E-state index contributed by atoms with van der Waals surface area (Å²) in [5.74, 6) is 0. The van der Waals surface area contributed by atoms with Gasteiger partial charge in [-0.25, -0.2) is 8.42 Å². The van der Waals surface area contributed by atoms with Crippen molar-refractivity contribution in [3.05, 3.63) is 16.6 Å². The molecule has 1 rings (SSSR count). The van der Waals surface area contributed by atoms with Gasteiger partial charge < -0.3 is 4.55 Å². The van der Waals surface area contributed by atoms with Crippen LogP contribution in [0.15, 0.2) is 10.9 Å². The molecular formula is C6H11NO4S2. The van der Waals surface area contributed by atoms with E-state index in [1.165, 1.54) is 5.69 Å². The monoisotopic (exact) mass is 225 g/mol. The van der Waals surface area contributed by atoms with Gasteiger partial charge in [0.25, 0.3) is 0 Å². The molecule has 0 aliphatic rings. The zero-order valence-electron chi connectivity index (χ0n) is 7.30. The molecular weight excluding hydrogens is 214 g/mol. The summed E-state index contributed by atoms with van der Waals surface area (Å²) in [7, 11) is -4.92. The van der Waals surface area contributed by atoms with Crippen LogP contribution in [-0.2, 0) is 16.9 Å². The SMILES string of the molecule is CC[n+]1cscc1C.O=S(=O)([O-])O. The Morgan fingerprint density at radius 1 is 1.69 bits per heavy atom. The maximum Gasteiger partial charge on any atom is 0.224 e. The third kappa shape index (κ3) is 7.85. The third-order valence-corrected chi connectivity index (χ3v) is 2.07. The topological polar surface area (TPSA) is 81.3 Å². The highest BCUT2D eigenvalue weighted by Crippen LogP contribution is 1.94. The van der Waals surface area contributed by atoms with Crippen molar-refractivity contribution in [3.8, 4) is 0 Å². The number of aromatic nitrogens is 1. The number of hydrogen-bond donors (Lipinski definition) is 1. The normalized spacial score (nSPS) is 10.5. The quantitative estimate of drug-likeness (QED) is 0.425. The number of hydrogen-bond acceptors (Lipinski definition) is 4. The fourth-order valence-electron chi connectivity index (χ4n) is 0.677. The second kappa shape index (κ2) is 5.28. The molecule has 0 aliphatic carbocycles. The summed E-state index contributed by atoms with van der Waals surface area (Å²) in [6, 6.07) is 0. The van der Waals surface area contributed by atoms with Gasteiger partial charge in [-0.1, -0.05) is 11.3 Å². The molecule has 0 bridgehead atoms. The zero-order chi connectivity index (χ0) is 10.5. The minimum Gasteiger partial charge on any atom is -0.726 e. The fraction of sp³-hybridized carbons (Fsp3) is 0.500. The third-order valence-electron chi connectivity index (χ3n) is 1.22. The van der Waals surface area contributed by atoms with Gasteiger partial charge in [0, 0.05) is 6.92 Å². The maximum absolute atomic E-state index is 8.63. The molecule has 0 amide bonds. The first-order valence-corrected chi connectivity index (χ1v) is 5.76. The number of nitrogens with zero attached hydrogens (tertiary/aromatic N) is 1. The van der Waals surface area contributed by atoms with E-state index in [0.29, 0.717) is 0 Å².